The summed E-state index contributed by atoms with van der Waals surface area (Å²) < 4.78 is 0. The monoisotopic (exact) mass is 255 g/mol. The lowest BCUT2D eigenvalue weighted by molar-refractivity contribution is 0.256. The lowest BCUT2D eigenvalue weighted by Crippen LogP contribution is -2.38. The topological polar surface area (TPSA) is 32.3 Å². The highest BCUT2D eigenvalue weighted by molar-refractivity contribution is 6.30. The second-order valence-corrected chi connectivity index (χ2v) is 4.95. The normalized spacial score (nSPS) is 14.6. The Labute approximate surface area is 109 Å². The molecule has 2 atom stereocenters. The Morgan fingerprint density at radius 2 is 1.94 bits per heavy atom. The first kappa shape index (κ1) is 14.5. The molecule has 0 aliphatic rings. The van der Waals surface area contributed by atoms with Crippen LogP contribution in [0.25, 0.3) is 0 Å². The number of halogens is 1. The molecule has 0 saturated carbocycles. The summed E-state index contributed by atoms with van der Waals surface area (Å²) in [4.78, 5) is 0. The minimum absolute atomic E-state index is 0.249. The van der Waals surface area contributed by atoms with Gasteiger partial charge in [0.2, 0.25) is 0 Å². The van der Waals surface area contributed by atoms with Crippen molar-refractivity contribution in [2.45, 2.75) is 45.2 Å². The van der Waals surface area contributed by atoms with Crippen molar-refractivity contribution in [2.24, 2.45) is 0 Å². The van der Waals surface area contributed by atoms with Crippen molar-refractivity contribution >= 4 is 11.6 Å². The van der Waals surface area contributed by atoms with Crippen LogP contribution in [0.1, 0.15) is 32.3 Å². The van der Waals surface area contributed by atoms with E-state index in [2.05, 4.69) is 31.3 Å². The van der Waals surface area contributed by atoms with E-state index >= 15 is 0 Å². The SMILES string of the molecule is CCC(CCO)NC(C)Cc1ccc(Cl)cc1. The molecule has 0 fully saturated rings. The molecule has 1 rings (SSSR count). The predicted molar refractivity (Wildman–Crippen MR) is 73.5 cm³/mol. The van der Waals surface area contributed by atoms with E-state index in [1.807, 2.05) is 12.1 Å². The average Bonchev–Trinajstić information content (AvgIpc) is 2.31. The Kier molecular flexibility index (Phi) is 6.56. The van der Waals surface area contributed by atoms with Crippen LogP contribution in [-0.2, 0) is 6.42 Å². The van der Waals surface area contributed by atoms with Crippen LogP contribution in [0.2, 0.25) is 5.02 Å². The molecule has 0 radical (unpaired) electrons. The summed E-state index contributed by atoms with van der Waals surface area (Å²) in [5.74, 6) is 0. The van der Waals surface area contributed by atoms with Crippen LogP contribution in [0.3, 0.4) is 0 Å². The molecule has 2 unspecified atom stereocenters. The maximum atomic E-state index is 8.95. The van der Waals surface area contributed by atoms with Crippen LogP contribution in [0, 0.1) is 0 Å². The van der Waals surface area contributed by atoms with Crippen molar-refractivity contribution in [2.75, 3.05) is 6.61 Å². The second kappa shape index (κ2) is 7.70. The van der Waals surface area contributed by atoms with Crippen LogP contribution < -0.4 is 5.32 Å². The van der Waals surface area contributed by atoms with Gasteiger partial charge in [0, 0.05) is 23.7 Å². The highest BCUT2D eigenvalue weighted by Crippen LogP contribution is 2.11. The first-order valence-electron chi connectivity index (χ1n) is 6.27. The summed E-state index contributed by atoms with van der Waals surface area (Å²) in [6, 6.07) is 8.79. The Balaban J connectivity index is 2.42. The first-order valence-corrected chi connectivity index (χ1v) is 6.64. The molecule has 0 aliphatic carbocycles. The summed E-state index contributed by atoms with van der Waals surface area (Å²) in [5.41, 5.74) is 1.29. The minimum Gasteiger partial charge on any atom is -0.396 e. The van der Waals surface area contributed by atoms with E-state index in [9.17, 15) is 0 Å². The quantitative estimate of drug-likeness (QED) is 0.785. The number of aliphatic hydroxyl groups excluding tert-OH is 1. The average molecular weight is 256 g/mol. The Morgan fingerprint density at radius 3 is 2.47 bits per heavy atom. The van der Waals surface area contributed by atoms with E-state index < -0.39 is 0 Å². The summed E-state index contributed by atoms with van der Waals surface area (Å²) >= 11 is 5.85. The zero-order valence-corrected chi connectivity index (χ0v) is 11.4. The van der Waals surface area contributed by atoms with E-state index in [-0.39, 0.29) is 6.61 Å². The van der Waals surface area contributed by atoms with Gasteiger partial charge in [0.25, 0.3) is 0 Å². The molecule has 0 heterocycles. The maximum Gasteiger partial charge on any atom is 0.0445 e. The van der Waals surface area contributed by atoms with Gasteiger partial charge in [-0.15, -0.1) is 0 Å². The zero-order chi connectivity index (χ0) is 12.7. The Hall–Kier alpha value is -0.570. The molecule has 96 valence electrons. The molecule has 0 amide bonds. The van der Waals surface area contributed by atoms with E-state index in [0.717, 1.165) is 24.3 Å². The van der Waals surface area contributed by atoms with Crippen LogP contribution >= 0.6 is 11.6 Å². The van der Waals surface area contributed by atoms with Crippen molar-refractivity contribution in [3.05, 3.63) is 34.9 Å². The Morgan fingerprint density at radius 1 is 1.29 bits per heavy atom. The van der Waals surface area contributed by atoms with Crippen molar-refractivity contribution in [3.8, 4) is 0 Å². The summed E-state index contributed by atoms with van der Waals surface area (Å²) in [5, 5.41) is 13.3. The van der Waals surface area contributed by atoms with E-state index in [1.54, 1.807) is 0 Å². The van der Waals surface area contributed by atoms with E-state index in [4.69, 9.17) is 16.7 Å². The third-order valence-electron chi connectivity index (χ3n) is 2.95. The number of hydrogen-bond acceptors (Lipinski definition) is 2. The van der Waals surface area contributed by atoms with Crippen LogP contribution in [0.5, 0.6) is 0 Å². The van der Waals surface area contributed by atoms with Gasteiger partial charge in [0.05, 0.1) is 0 Å². The summed E-state index contributed by atoms with van der Waals surface area (Å²) in [6.07, 6.45) is 2.85. The minimum atomic E-state index is 0.249. The van der Waals surface area contributed by atoms with Gasteiger partial charge < -0.3 is 10.4 Å². The van der Waals surface area contributed by atoms with Crippen LogP contribution in [0.4, 0.5) is 0 Å². The molecule has 0 spiro atoms. The van der Waals surface area contributed by atoms with Gasteiger partial charge in [0.15, 0.2) is 0 Å². The largest absolute Gasteiger partial charge is 0.396 e. The zero-order valence-electron chi connectivity index (χ0n) is 10.6. The lowest BCUT2D eigenvalue weighted by atomic mass is 10.0. The molecular weight excluding hydrogens is 234 g/mol. The number of aliphatic hydroxyl groups is 1. The van der Waals surface area contributed by atoms with Crippen LogP contribution in [-0.4, -0.2) is 23.8 Å². The van der Waals surface area contributed by atoms with E-state index in [1.165, 1.54) is 5.56 Å². The predicted octanol–water partition coefficient (Wildman–Crippen LogP) is 3.02. The van der Waals surface area contributed by atoms with Crippen molar-refractivity contribution < 1.29 is 5.11 Å². The fraction of sp³-hybridized carbons (Fsp3) is 0.571. The second-order valence-electron chi connectivity index (χ2n) is 4.52. The van der Waals surface area contributed by atoms with Crippen molar-refractivity contribution in [1.29, 1.82) is 0 Å². The van der Waals surface area contributed by atoms with Gasteiger partial charge in [0.1, 0.15) is 0 Å². The molecule has 2 N–H and O–H groups in total. The number of nitrogens with one attached hydrogen (secondary N) is 1. The number of hydrogen-bond donors (Lipinski definition) is 2. The maximum absolute atomic E-state index is 8.95. The van der Waals surface area contributed by atoms with Crippen molar-refractivity contribution in [3.63, 3.8) is 0 Å². The van der Waals surface area contributed by atoms with Gasteiger partial charge in [-0.05, 0) is 43.9 Å². The third-order valence-corrected chi connectivity index (χ3v) is 3.20. The number of rotatable bonds is 7. The fourth-order valence-corrected chi connectivity index (χ4v) is 2.12. The fourth-order valence-electron chi connectivity index (χ4n) is 2.00. The lowest BCUT2D eigenvalue weighted by Gasteiger charge is -2.21. The standard InChI is InChI=1S/C14H22ClNO/c1-3-14(8-9-17)16-11(2)10-12-4-6-13(15)7-5-12/h4-7,11,14,16-17H,3,8-10H2,1-2H3. The van der Waals surface area contributed by atoms with Crippen LogP contribution in [0.15, 0.2) is 24.3 Å². The summed E-state index contributed by atoms with van der Waals surface area (Å²) in [7, 11) is 0. The van der Waals surface area contributed by atoms with Gasteiger partial charge >= 0.3 is 0 Å². The summed E-state index contributed by atoms with van der Waals surface area (Å²) in [6.45, 7) is 4.57. The third kappa shape index (κ3) is 5.53. The van der Waals surface area contributed by atoms with Gasteiger partial charge in [-0.1, -0.05) is 30.7 Å². The molecule has 3 heteroatoms. The van der Waals surface area contributed by atoms with Crippen molar-refractivity contribution in [1.82, 2.24) is 5.32 Å². The molecule has 0 bridgehead atoms. The highest BCUT2D eigenvalue weighted by Gasteiger charge is 2.10. The molecule has 1 aromatic carbocycles. The molecule has 0 aromatic heterocycles. The Bertz CT molecular complexity index is 313. The molecule has 2 nitrogen and oxygen atoms in total. The first-order chi connectivity index (χ1) is 8.15. The van der Waals surface area contributed by atoms with Gasteiger partial charge in [-0.25, -0.2) is 0 Å². The van der Waals surface area contributed by atoms with E-state index in [0.29, 0.717) is 12.1 Å². The van der Waals surface area contributed by atoms with Gasteiger partial charge in [-0.3, -0.25) is 0 Å². The molecule has 17 heavy (non-hydrogen) atoms. The molecule has 0 aliphatic heterocycles. The molecule has 1 aromatic rings. The highest BCUT2D eigenvalue weighted by atomic mass is 35.5. The smallest absolute Gasteiger partial charge is 0.0445 e. The van der Waals surface area contributed by atoms with Gasteiger partial charge in [-0.2, -0.15) is 0 Å². The molecule has 0 saturated heterocycles. The number of benzene rings is 1. The molecular formula is C14H22ClNO.